The summed E-state index contributed by atoms with van der Waals surface area (Å²) in [5.41, 5.74) is 0.837. The first kappa shape index (κ1) is 18.7. The summed E-state index contributed by atoms with van der Waals surface area (Å²) in [5.74, 6) is -1.16. The first-order valence-electron chi connectivity index (χ1n) is 5.55. The molecule has 0 atom stereocenters. The van der Waals surface area contributed by atoms with Crippen LogP contribution in [0.4, 0.5) is 0 Å². The van der Waals surface area contributed by atoms with Crippen LogP contribution in [0.3, 0.4) is 0 Å². The minimum atomic E-state index is -0.845. The van der Waals surface area contributed by atoms with Crippen molar-refractivity contribution in [1.82, 2.24) is 4.90 Å². The molecule has 0 amide bonds. The third kappa shape index (κ3) is 12.4. The summed E-state index contributed by atoms with van der Waals surface area (Å²) in [4.78, 5) is 22.6. The number of aliphatic carboxylic acids is 1. The van der Waals surface area contributed by atoms with E-state index in [1.54, 1.807) is 26.8 Å². The van der Waals surface area contributed by atoms with Gasteiger partial charge in [-0.3, -0.25) is 0 Å². The van der Waals surface area contributed by atoms with Crippen molar-refractivity contribution in [3.63, 3.8) is 0 Å². The summed E-state index contributed by atoms with van der Waals surface area (Å²) >= 11 is 0. The molecule has 0 rings (SSSR count). The fourth-order valence-corrected chi connectivity index (χ4v) is 0.568. The number of carboxylic acids is 1. The SMILES string of the molecule is C=C(C)C(=O)OCCN(C)C.CC=C(C)C(=O)O. The molecule has 0 aromatic heterocycles. The van der Waals surface area contributed by atoms with E-state index in [1.165, 1.54) is 0 Å². The Morgan fingerprint density at radius 1 is 1.33 bits per heavy atom. The Morgan fingerprint density at radius 3 is 2.06 bits per heavy atom. The third-order valence-electron chi connectivity index (χ3n) is 1.89. The molecule has 0 saturated carbocycles. The van der Waals surface area contributed by atoms with Crippen molar-refractivity contribution >= 4 is 11.9 Å². The van der Waals surface area contributed by atoms with Gasteiger partial charge in [0.1, 0.15) is 6.61 Å². The van der Waals surface area contributed by atoms with Crippen molar-refractivity contribution in [2.75, 3.05) is 27.2 Å². The van der Waals surface area contributed by atoms with Crippen LogP contribution in [0.25, 0.3) is 0 Å². The zero-order valence-corrected chi connectivity index (χ0v) is 11.8. The molecular weight excluding hydrogens is 234 g/mol. The summed E-state index contributed by atoms with van der Waals surface area (Å²) in [5, 5.41) is 8.11. The number of hydrogen-bond donors (Lipinski definition) is 1. The molecule has 0 aliphatic heterocycles. The molecule has 0 bridgehead atoms. The number of likely N-dealkylation sites (N-methyl/N-ethyl adjacent to an activating group) is 1. The minimum Gasteiger partial charge on any atom is -0.478 e. The summed E-state index contributed by atoms with van der Waals surface area (Å²) in [6.45, 7) is 9.54. The Balaban J connectivity index is 0. The van der Waals surface area contributed by atoms with Crippen LogP contribution in [-0.4, -0.2) is 49.2 Å². The Hall–Kier alpha value is -1.62. The number of carbonyl (C=O) groups is 2. The molecule has 0 fully saturated rings. The summed E-state index contributed by atoms with van der Waals surface area (Å²) < 4.78 is 4.83. The van der Waals surface area contributed by atoms with E-state index in [4.69, 9.17) is 9.84 Å². The molecule has 0 aliphatic carbocycles. The molecule has 0 aromatic carbocycles. The number of esters is 1. The lowest BCUT2D eigenvalue weighted by molar-refractivity contribution is -0.139. The van der Waals surface area contributed by atoms with Gasteiger partial charge in [0.05, 0.1) is 0 Å². The van der Waals surface area contributed by atoms with Gasteiger partial charge >= 0.3 is 11.9 Å². The molecule has 1 N–H and O–H groups in total. The number of nitrogens with zero attached hydrogens (tertiary/aromatic N) is 1. The van der Waals surface area contributed by atoms with Crippen LogP contribution in [0.15, 0.2) is 23.8 Å². The molecule has 0 heterocycles. The highest BCUT2D eigenvalue weighted by molar-refractivity contribution is 5.86. The van der Waals surface area contributed by atoms with E-state index in [2.05, 4.69) is 6.58 Å². The maximum absolute atomic E-state index is 10.8. The van der Waals surface area contributed by atoms with Crippen LogP contribution in [0.2, 0.25) is 0 Å². The highest BCUT2D eigenvalue weighted by Crippen LogP contribution is 1.91. The molecule has 5 nitrogen and oxygen atoms in total. The molecular formula is C13H23NO4. The smallest absolute Gasteiger partial charge is 0.333 e. The molecule has 0 saturated heterocycles. The Labute approximate surface area is 109 Å². The average molecular weight is 257 g/mol. The fourth-order valence-electron chi connectivity index (χ4n) is 0.568. The van der Waals surface area contributed by atoms with Crippen LogP contribution in [-0.2, 0) is 14.3 Å². The topological polar surface area (TPSA) is 66.8 Å². The predicted octanol–water partition coefficient (Wildman–Crippen LogP) is 1.70. The summed E-state index contributed by atoms with van der Waals surface area (Å²) in [7, 11) is 3.85. The van der Waals surface area contributed by atoms with Gasteiger partial charge in [-0.25, -0.2) is 9.59 Å². The van der Waals surface area contributed by atoms with Gasteiger partial charge in [0.15, 0.2) is 0 Å². The quantitative estimate of drug-likeness (QED) is 0.600. The second-order valence-corrected chi connectivity index (χ2v) is 4.00. The minimum absolute atomic E-state index is 0.313. The summed E-state index contributed by atoms with van der Waals surface area (Å²) in [6.07, 6.45) is 1.56. The van der Waals surface area contributed by atoms with Crippen LogP contribution in [0.5, 0.6) is 0 Å². The van der Waals surface area contributed by atoms with Crippen LogP contribution < -0.4 is 0 Å². The Kier molecular flexibility index (Phi) is 11.0. The fraction of sp³-hybridized carbons (Fsp3) is 0.538. The monoisotopic (exact) mass is 257 g/mol. The number of ether oxygens (including phenoxy) is 1. The normalized spacial score (nSPS) is 10.4. The van der Waals surface area contributed by atoms with Crippen molar-refractivity contribution in [3.8, 4) is 0 Å². The highest BCUT2D eigenvalue weighted by Gasteiger charge is 2.01. The highest BCUT2D eigenvalue weighted by atomic mass is 16.5. The van der Waals surface area contributed by atoms with E-state index in [-0.39, 0.29) is 5.97 Å². The molecule has 104 valence electrons. The lowest BCUT2D eigenvalue weighted by atomic mass is 10.3. The maximum Gasteiger partial charge on any atom is 0.333 e. The van der Waals surface area contributed by atoms with E-state index in [9.17, 15) is 9.59 Å². The zero-order chi connectivity index (χ0) is 14.7. The van der Waals surface area contributed by atoms with E-state index in [0.29, 0.717) is 17.8 Å². The second kappa shape index (κ2) is 10.5. The largest absolute Gasteiger partial charge is 0.478 e. The van der Waals surface area contributed by atoms with Gasteiger partial charge in [-0.15, -0.1) is 0 Å². The van der Waals surface area contributed by atoms with E-state index in [1.807, 2.05) is 19.0 Å². The second-order valence-electron chi connectivity index (χ2n) is 4.00. The molecule has 18 heavy (non-hydrogen) atoms. The molecule has 0 aromatic rings. The first-order valence-corrected chi connectivity index (χ1v) is 5.55. The number of carboxylic acid groups (broad SMARTS) is 1. The number of rotatable bonds is 5. The van der Waals surface area contributed by atoms with E-state index >= 15 is 0 Å². The molecule has 0 aliphatic rings. The third-order valence-corrected chi connectivity index (χ3v) is 1.89. The lowest BCUT2D eigenvalue weighted by Crippen LogP contribution is -2.20. The van der Waals surface area contributed by atoms with Gasteiger partial charge in [-0.1, -0.05) is 12.7 Å². The standard InChI is InChI=1S/C8H15NO2.C5H8O2/c1-7(2)8(10)11-6-5-9(3)4;1-3-4(2)5(6)7/h1,5-6H2,2-4H3;3H,1-2H3,(H,6,7). The molecule has 5 heteroatoms. The number of allylic oxidation sites excluding steroid dienone is 1. The van der Waals surface area contributed by atoms with Crippen molar-refractivity contribution in [2.24, 2.45) is 0 Å². The maximum atomic E-state index is 10.8. The lowest BCUT2D eigenvalue weighted by Gasteiger charge is -2.09. The number of carbonyl (C=O) groups excluding carboxylic acids is 1. The Morgan fingerprint density at radius 2 is 1.83 bits per heavy atom. The predicted molar refractivity (Wildman–Crippen MR) is 71.4 cm³/mol. The van der Waals surface area contributed by atoms with E-state index in [0.717, 1.165) is 6.54 Å². The molecule has 0 radical (unpaired) electrons. The van der Waals surface area contributed by atoms with Crippen LogP contribution in [0.1, 0.15) is 20.8 Å². The van der Waals surface area contributed by atoms with Crippen molar-refractivity contribution in [2.45, 2.75) is 20.8 Å². The van der Waals surface area contributed by atoms with Crippen molar-refractivity contribution < 1.29 is 19.4 Å². The van der Waals surface area contributed by atoms with Crippen LogP contribution >= 0.6 is 0 Å². The molecule has 0 spiro atoms. The first-order chi connectivity index (χ1) is 8.22. The van der Waals surface area contributed by atoms with Crippen LogP contribution in [0, 0.1) is 0 Å². The van der Waals surface area contributed by atoms with Gasteiger partial charge in [-0.05, 0) is 34.9 Å². The average Bonchev–Trinajstić information content (AvgIpc) is 2.27. The molecule has 0 unspecified atom stereocenters. The van der Waals surface area contributed by atoms with Gasteiger partial charge in [0.25, 0.3) is 0 Å². The van der Waals surface area contributed by atoms with Gasteiger partial charge < -0.3 is 14.7 Å². The van der Waals surface area contributed by atoms with Crippen molar-refractivity contribution in [3.05, 3.63) is 23.8 Å². The van der Waals surface area contributed by atoms with E-state index < -0.39 is 5.97 Å². The van der Waals surface area contributed by atoms with Gasteiger partial charge in [-0.2, -0.15) is 0 Å². The Bertz CT molecular complexity index is 319. The van der Waals surface area contributed by atoms with Gasteiger partial charge in [0, 0.05) is 17.7 Å². The summed E-state index contributed by atoms with van der Waals surface area (Å²) in [6, 6.07) is 0. The zero-order valence-electron chi connectivity index (χ0n) is 11.8. The van der Waals surface area contributed by atoms with Crippen molar-refractivity contribution in [1.29, 1.82) is 0 Å². The number of hydrogen-bond acceptors (Lipinski definition) is 4. The van der Waals surface area contributed by atoms with Gasteiger partial charge in [0.2, 0.25) is 0 Å².